The highest BCUT2D eigenvalue weighted by Crippen LogP contribution is 2.32. The molecule has 0 aliphatic rings. The molecule has 0 saturated heterocycles. The van der Waals surface area contributed by atoms with Crippen molar-refractivity contribution >= 4 is 22.7 Å². The molecular weight excluding hydrogens is 278 g/mol. The summed E-state index contributed by atoms with van der Waals surface area (Å²) in [5.74, 6) is 0.000149. The topological polar surface area (TPSA) is 74.0 Å². The number of hydrogen-bond acceptors (Lipinski definition) is 2. The van der Waals surface area contributed by atoms with Gasteiger partial charge in [-0.2, -0.15) is 0 Å². The Morgan fingerprint density at radius 3 is 2.59 bits per heavy atom. The molecule has 0 spiro atoms. The van der Waals surface area contributed by atoms with E-state index in [0.717, 1.165) is 22.0 Å². The zero-order valence-corrected chi connectivity index (χ0v) is 13.5. The third-order valence-electron chi connectivity index (χ3n) is 4.02. The van der Waals surface area contributed by atoms with E-state index in [1.54, 1.807) is 14.1 Å². The number of amides is 2. The summed E-state index contributed by atoms with van der Waals surface area (Å²) >= 11 is 0. The Morgan fingerprint density at radius 1 is 1.23 bits per heavy atom. The molecule has 1 aromatic heterocycles. The third kappa shape index (κ3) is 3.13. The monoisotopic (exact) mass is 301 g/mol. The normalized spacial score (nSPS) is 12.2. The van der Waals surface area contributed by atoms with Crippen molar-refractivity contribution in [1.82, 2.24) is 15.6 Å². The first-order valence-corrected chi connectivity index (χ1v) is 7.52. The van der Waals surface area contributed by atoms with Crippen molar-refractivity contribution < 1.29 is 9.59 Å². The van der Waals surface area contributed by atoms with Gasteiger partial charge in [0.2, 0.25) is 5.91 Å². The number of aromatic amines is 1. The van der Waals surface area contributed by atoms with Crippen molar-refractivity contribution in [2.75, 3.05) is 14.1 Å². The molecule has 1 aromatic carbocycles. The molecule has 22 heavy (non-hydrogen) atoms. The van der Waals surface area contributed by atoms with E-state index in [1.807, 2.05) is 19.1 Å². The lowest BCUT2D eigenvalue weighted by Gasteiger charge is -2.13. The molecule has 0 fully saturated rings. The lowest BCUT2D eigenvalue weighted by Crippen LogP contribution is -2.21. The minimum atomic E-state index is -0.129. The smallest absolute Gasteiger partial charge is 0.267 e. The zero-order chi connectivity index (χ0) is 16.3. The minimum absolute atomic E-state index is 0.0179. The SMILES string of the molecule is CNC(=O)CCC(C)c1c(C(=O)NC)[nH]c2ccc(C)cc12. The maximum atomic E-state index is 12.2. The van der Waals surface area contributed by atoms with Gasteiger partial charge < -0.3 is 15.6 Å². The summed E-state index contributed by atoms with van der Waals surface area (Å²) < 4.78 is 0. The molecule has 1 atom stereocenters. The van der Waals surface area contributed by atoms with E-state index in [1.165, 1.54) is 0 Å². The van der Waals surface area contributed by atoms with Gasteiger partial charge >= 0.3 is 0 Å². The van der Waals surface area contributed by atoms with Crippen molar-refractivity contribution in [3.8, 4) is 0 Å². The Kier molecular flexibility index (Phi) is 4.85. The summed E-state index contributed by atoms with van der Waals surface area (Å²) in [6, 6.07) is 6.10. The Morgan fingerprint density at radius 2 is 1.95 bits per heavy atom. The third-order valence-corrected chi connectivity index (χ3v) is 4.02. The van der Waals surface area contributed by atoms with Gasteiger partial charge in [-0.3, -0.25) is 9.59 Å². The van der Waals surface area contributed by atoms with Gasteiger partial charge in [0.25, 0.3) is 5.91 Å². The Bertz CT molecular complexity index is 703. The number of nitrogens with one attached hydrogen (secondary N) is 3. The lowest BCUT2D eigenvalue weighted by atomic mass is 9.92. The van der Waals surface area contributed by atoms with Gasteiger partial charge in [-0.1, -0.05) is 18.6 Å². The molecule has 1 unspecified atom stereocenters. The fourth-order valence-electron chi connectivity index (χ4n) is 2.76. The average molecular weight is 301 g/mol. The molecule has 2 aromatic rings. The van der Waals surface area contributed by atoms with E-state index >= 15 is 0 Å². The summed E-state index contributed by atoms with van der Waals surface area (Å²) in [6.45, 7) is 4.09. The van der Waals surface area contributed by atoms with Gasteiger partial charge in [-0.25, -0.2) is 0 Å². The van der Waals surface area contributed by atoms with Crippen LogP contribution >= 0.6 is 0 Å². The fraction of sp³-hybridized carbons (Fsp3) is 0.412. The highest BCUT2D eigenvalue weighted by molar-refractivity contribution is 6.01. The summed E-state index contributed by atoms with van der Waals surface area (Å²) in [5, 5.41) is 6.37. The summed E-state index contributed by atoms with van der Waals surface area (Å²) in [5.41, 5.74) is 3.68. The Balaban J connectivity index is 2.45. The molecule has 1 heterocycles. The number of aryl methyl sites for hydroxylation is 1. The number of hydrogen-bond donors (Lipinski definition) is 3. The second-order valence-electron chi connectivity index (χ2n) is 5.65. The van der Waals surface area contributed by atoms with Gasteiger partial charge in [0.15, 0.2) is 0 Å². The standard InChI is InChI=1S/C17H23N3O2/c1-10-5-7-13-12(9-10)15(16(20-13)17(22)19-4)11(2)6-8-14(21)18-3/h5,7,9,11,20H,6,8H2,1-4H3,(H,18,21)(H,19,22). The molecule has 0 aliphatic carbocycles. The van der Waals surface area contributed by atoms with Crippen molar-refractivity contribution in [1.29, 1.82) is 0 Å². The van der Waals surface area contributed by atoms with Gasteiger partial charge in [0.1, 0.15) is 5.69 Å². The number of fused-ring (bicyclic) bond motifs is 1. The molecule has 5 heteroatoms. The highest BCUT2D eigenvalue weighted by Gasteiger charge is 2.22. The van der Waals surface area contributed by atoms with E-state index in [4.69, 9.17) is 0 Å². The van der Waals surface area contributed by atoms with Gasteiger partial charge in [0, 0.05) is 31.4 Å². The van der Waals surface area contributed by atoms with Crippen LogP contribution in [0.1, 0.15) is 47.3 Å². The fourth-order valence-corrected chi connectivity index (χ4v) is 2.76. The maximum Gasteiger partial charge on any atom is 0.267 e. The number of benzene rings is 1. The summed E-state index contributed by atoms with van der Waals surface area (Å²) in [7, 11) is 3.26. The molecule has 2 amide bonds. The van der Waals surface area contributed by atoms with E-state index in [9.17, 15) is 9.59 Å². The predicted octanol–water partition coefficient (Wildman–Crippen LogP) is 2.47. The Hall–Kier alpha value is -2.30. The first kappa shape index (κ1) is 16.1. The summed E-state index contributed by atoms with van der Waals surface area (Å²) in [6.07, 6.45) is 1.15. The maximum absolute atomic E-state index is 12.2. The predicted molar refractivity (Wildman–Crippen MR) is 88.1 cm³/mol. The summed E-state index contributed by atoms with van der Waals surface area (Å²) in [4.78, 5) is 26.9. The largest absolute Gasteiger partial charge is 0.359 e. The van der Waals surface area contributed by atoms with Crippen molar-refractivity contribution in [3.63, 3.8) is 0 Å². The van der Waals surface area contributed by atoms with E-state index in [-0.39, 0.29) is 17.7 Å². The lowest BCUT2D eigenvalue weighted by molar-refractivity contribution is -0.120. The minimum Gasteiger partial charge on any atom is -0.359 e. The molecule has 0 bridgehead atoms. The molecule has 5 nitrogen and oxygen atoms in total. The van der Waals surface area contributed by atoms with E-state index < -0.39 is 0 Å². The first-order chi connectivity index (χ1) is 10.5. The highest BCUT2D eigenvalue weighted by atomic mass is 16.2. The van der Waals surface area contributed by atoms with Gasteiger partial charge in [-0.15, -0.1) is 0 Å². The van der Waals surface area contributed by atoms with Crippen LogP contribution < -0.4 is 10.6 Å². The van der Waals surface area contributed by atoms with Gasteiger partial charge in [0.05, 0.1) is 0 Å². The van der Waals surface area contributed by atoms with Crippen LogP contribution in [0.25, 0.3) is 10.9 Å². The van der Waals surface area contributed by atoms with E-state index in [2.05, 4.69) is 28.6 Å². The second kappa shape index (κ2) is 6.64. The van der Waals surface area contributed by atoms with E-state index in [0.29, 0.717) is 18.5 Å². The molecule has 0 radical (unpaired) electrons. The molecule has 3 N–H and O–H groups in total. The molecular formula is C17H23N3O2. The number of rotatable bonds is 5. The van der Waals surface area contributed by atoms with Crippen LogP contribution in [0.15, 0.2) is 18.2 Å². The molecule has 2 rings (SSSR count). The molecule has 0 aliphatic heterocycles. The number of aromatic nitrogens is 1. The van der Waals surface area contributed by atoms with Crippen LogP contribution in [0.4, 0.5) is 0 Å². The quantitative estimate of drug-likeness (QED) is 0.793. The van der Waals surface area contributed by atoms with Crippen molar-refractivity contribution in [3.05, 3.63) is 35.0 Å². The first-order valence-electron chi connectivity index (χ1n) is 7.52. The van der Waals surface area contributed by atoms with Crippen LogP contribution in [0.3, 0.4) is 0 Å². The van der Waals surface area contributed by atoms with Crippen LogP contribution in [0.5, 0.6) is 0 Å². The number of carbonyl (C=O) groups excluding carboxylic acids is 2. The zero-order valence-electron chi connectivity index (χ0n) is 13.5. The van der Waals surface area contributed by atoms with Crippen LogP contribution in [0, 0.1) is 6.92 Å². The average Bonchev–Trinajstić information content (AvgIpc) is 2.89. The van der Waals surface area contributed by atoms with Crippen LogP contribution in [0.2, 0.25) is 0 Å². The molecule has 0 saturated carbocycles. The van der Waals surface area contributed by atoms with Crippen LogP contribution in [-0.4, -0.2) is 30.9 Å². The number of carbonyl (C=O) groups is 2. The second-order valence-corrected chi connectivity index (χ2v) is 5.65. The van der Waals surface area contributed by atoms with Gasteiger partial charge in [-0.05, 0) is 37.0 Å². The van der Waals surface area contributed by atoms with Crippen molar-refractivity contribution in [2.45, 2.75) is 32.6 Å². The van der Waals surface area contributed by atoms with Crippen LogP contribution in [-0.2, 0) is 4.79 Å². The molecule has 118 valence electrons. The number of H-pyrrole nitrogens is 1. The van der Waals surface area contributed by atoms with Crippen molar-refractivity contribution in [2.24, 2.45) is 0 Å². The Labute approximate surface area is 130 Å².